The van der Waals surface area contributed by atoms with Gasteiger partial charge in [0.15, 0.2) is 0 Å². The van der Waals surface area contributed by atoms with Crippen molar-refractivity contribution in [1.82, 2.24) is 14.8 Å². The molecular weight excluding hydrogens is 274 g/mol. The summed E-state index contributed by atoms with van der Waals surface area (Å²) in [4.78, 5) is 4.18. The molecule has 0 fully saturated rings. The second kappa shape index (κ2) is 6.55. The van der Waals surface area contributed by atoms with Crippen LogP contribution in [0, 0.1) is 11.3 Å². The van der Waals surface area contributed by atoms with Crippen molar-refractivity contribution in [1.29, 1.82) is 5.26 Å². The number of nitriles is 1. The van der Waals surface area contributed by atoms with Crippen LogP contribution in [0.2, 0.25) is 0 Å². The summed E-state index contributed by atoms with van der Waals surface area (Å²) in [5.74, 6) is 0.625. The first-order valence-electron chi connectivity index (χ1n) is 7.05. The lowest BCUT2D eigenvalue weighted by atomic mass is 10.2. The molecule has 1 N–H and O–H groups in total. The Labute approximate surface area is 128 Å². The van der Waals surface area contributed by atoms with Crippen molar-refractivity contribution in [3.63, 3.8) is 0 Å². The van der Waals surface area contributed by atoms with E-state index in [1.54, 1.807) is 18.3 Å². The van der Waals surface area contributed by atoms with Gasteiger partial charge in [-0.25, -0.2) is 9.67 Å². The number of nitrogens with zero attached hydrogens (tertiary/aromatic N) is 4. The van der Waals surface area contributed by atoms with Crippen LogP contribution in [0.3, 0.4) is 0 Å². The predicted molar refractivity (Wildman–Crippen MR) is 84.7 cm³/mol. The van der Waals surface area contributed by atoms with Gasteiger partial charge in [0.1, 0.15) is 11.9 Å². The first-order valence-corrected chi connectivity index (χ1v) is 7.05. The van der Waals surface area contributed by atoms with Gasteiger partial charge >= 0.3 is 0 Å². The molecule has 0 radical (unpaired) electrons. The highest BCUT2D eigenvalue weighted by Gasteiger charge is 2.03. The number of hydrogen-bond donors (Lipinski definition) is 1. The van der Waals surface area contributed by atoms with Crippen LogP contribution in [0.15, 0.2) is 61.1 Å². The molecule has 5 heteroatoms. The molecule has 0 saturated heterocycles. The summed E-state index contributed by atoms with van der Waals surface area (Å²) in [7, 11) is 0. The quantitative estimate of drug-likeness (QED) is 0.784. The number of rotatable bonds is 5. The van der Waals surface area contributed by atoms with Crippen LogP contribution in [0.1, 0.15) is 11.1 Å². The molecule has 0 spiro atoms. The number of aromatic nitrogens is 3. The fourth-order valence-corrected chi connectivity index (χ4v) is 2.17. The molecule has 3 rings (SSSR count). The smallest absolute Gasteiger partial charge is 0.143 e. The normalized spacial score (nSPS) is 10.1. The zero-order chi connectivity index (χ0) is 15.2. The van der Waals surface area contributed by atoms with Crippen LogP contribution in [0.4, 0.5) is 5.82 Å². The summed E-state index contributed by atoms with van der Waals surface area (Å²) < 4.78 is 1.86. The number of anilines is 1. The van der Waals surface area contributed by atoms with Crippen molar-refractivity contribution in [2.24, 2.45) is 0 Å². The first-order chi connectivity index (χ1) is 10.9. The predicted octanol–water partition coefficient (Wildman–Crippen LogP) is 2.79. The van der Waals surface area contributed by atoms with Crippen molar-refractivity contribution in [3.05, 3.63) is 72.2 Å². The van der Waals surface area contributed by atoms with E-state index in [0.717, 1.165) is 17.7 Å². The second-order valence-corrected chi connectivity index (χ2v) is 4.82. The highest BCUT2D eigenvalue weighted by Crippen LogP contribution is 2.11. The zero-order valence-electron chi connectivity index (χ0n) is 12.0. The molecule has 2 heterocycles. The molecular formula is C17H15N5. The maximum absolute atomic E-state index is 9.02. The van der Waals surface area contributed by atoms with Crippen LogP contribution >= 0.6 is 0 Å². The third-order valence-electron chi connectivity index (χ3n) is 3.29. The molecule has 0 amide bonds. The van der Waals surface area contributed by atoms with Gasteiger partial charge < -0.3 is 5.32 Å². The molecule has 0 atom stereocenters. The van der Waals surface area contributed by atoms with E-state index in [9.17, 15) is 0 Å². The topological polar surface area (TPSA) is 66.5 Å². The molecule has 0 saturated carbocycles. The third-order valence-corrected chi connectivity index (χ3v) is 3.29. The molecule has 3 aromatic rings. The van der Waals surface area contributed by atoms with E-state index in [0.29, 0.717) is 17.9 Å². The van der Waals surface area contributed by atoms with Gasteiger partial charge in [0.2, 0.25) is 0 Å². The second-order valence-electron chi connectivity index (χ2n) is 4.82. The Morgan fingerprint density at radius 3 is 2.82 bits per heavy atom. The highest BCUT2D eigenvalue weighted by molar-refractivity contribution is 5.51. The Bertz CT molecular complexity index is 786. The Morgan fingerprint density at radius 1 is 1.14 bits per heavy atom. The highest BCUT2D eigenvalue weighted by atomic mass is 15.3. The molecule has 0 bridgehead atoms. The lowest BCUT2D eigenvalue weighted by molar-refractivity contribution is 0.879. The van der Waals surface area contributed by atoms with Gasteiger partial charge in [0.25, 0.3) is 0 Å². The zero-order valence-corrected chi connectivity index (χ0v) is 12.0. The molecule has 5 nitrogen and oxygen atoms in total. The number of hydrogen-bond acceptors (Lipinski definition) is 4. The SMILES string of the molecule is N#Cc1cccnc1NCCc1cnn(-c2ccccc2)c1. The third kappa shape index (κ3) is 3.13. The van der Waals surface area contributed by atoms with Gasteiger partial charge in [-0.3, -0.25) is 0 Å². The minimum absolute atomic E-state index is 0.558. The molecule has 2 aromatic heterocycles. The Morgan fingerprint density at radius 2 is 2.00 bits per heavy atom. The monoisotopic (exact) mass is 289 g/mol. The van der Waals surface area contributed by atoms with E-state index >= 15 is 0 Å². The van der Waals surface area contributed by atoms with Gasteiger partial charge in [0.05, 0.1) is 17.4 Å². The summed E-state index contributed by atoms with van der Waals surface area (Å²) in [6.07, 6.45) is 6.36. The first kappa shape index (κ1) is 13.8. The van der Waals surface area contributed by atoms with E-state index in [4.69, 9.17) is 5.26 Å². The summed E-state index contributed by atoms with van der Waals surface area (Å²) in [6, 6.07) is 15.6. The minimum atomic E-state index is 0.558. The maximum atomic E-state index is 9.02. The van der Waals surface area contributed by atoms with E-state index in [-0.39, 0.29) is 0 Å². The van der Waals surface area contributed by atoms with Crippen molar-refractivity contribution in [2.45, 2.75) is 6.42 Å². The number of para-hydroxylation sites is 1. The van der Waals surface area contributed by atoms with Gasteiger partial charge in [-0.2, -0.15) is 10.4 Å². The largest absolute Gasteiger partial charge is 0.369 e. The maximum Gasteiger partial charge on any atom is 0.143 e. The van der Waals surface area contributed by atoms with Crippen molar-refractivity contribution in [2.75, 3.05) is 11.9 Å². The van der Waals surface area contributed by atoms with Crippen LogP contribution in [0.5, 0.6) is 0 Å². The van der Waals surface area contributed by atoms with Crippen LogP contribution in [-0.2, 0) is 6.42 Å². The average Bonchev–Trinajstić information content (AvgIpc) is 3.05. The van der Waals surface area contributed by atoms with Crippen LogP contribution in [-0.4, -0.2) is 21.3 Å². The van der Waals surface area contributed by atoms with Crippen molar-refractivity contribution < 1.29 is 0 Å². The molecule has 1 aromatic carbocycles. The molecule has 0 aliphatic rings. The molecule has 0 aliphatic carbocycles. The minimum Gasteiger partial charge on any atom is -0.369 e. The van der Waals surface area contributed by atoms with Gasteiger partial charge in [-0.05, 0) is 36.2 Å². The van der Waals surface area contributed by atoms with Crippen molar-refractivity contribution >= 4 is 5.82 Å². The fraction of sp³-hybridized carbons (Fsp3) is 0.118. The molecule has 0 unspecified atom stereocenters. The number of pyridine rings is 1. The van der Waals surface area contributed by atoms with E-state index in [1.165, 1.54) is 0 Å². The summed E-state index contributed by atoms with van der Waals surface area (Å²) in [6.45, 7) is 0.701. The molecule has 22 heavy (non-hydrogen) atoms. The van der Waals surface area contributed by atoms with Gasteiger partial charge in [-0.1, -0.05) is 18.2 Å². The van der Waals surface area contributed by atoms with Gasteiger partial charge in [-0.15, -0.1) is 0 Å². The van der Waals surface area contributed by atoms with Crippen LogP contribution < -0.4 is 5.32 Å². The van der Waals surface area contributed by atoms with Crippen LogP contribution in [0.25, 0.3) is 5.69 Å². The number of benzene rings is 1. The molecule has 0 aliphatic heterocycles. The van der Waals surface area contributed by atoms with E-state index < -0.39 is 0 Å². The lowest BCUT2D eigenvalue weighted by Gasteiger charge is -2.05. The summed E-state index contributed by atoms with van der Waals surface area (Å²) >= 11 is 0. The number of nitrogens with one attached hydrogen (secondary N) is 1. The lowest BCUT2D eigenvalue weighted by Crippen LogP contribution is -2.07. The summed E-state index contributed by atoms with van der Waals surface area (Å²) in [5, 5.41) is 16.6. The Kier molecular flexibility index (Phi) is 4.12. The van der Waals surface area contributed by atoms with E-state index in [2.05, 4.69) is 21.5 Å². The average molecular weight is 289 g/mol. The Balaban J connectivity index is 1.61. The fourth-order valence-electron chi connectivity index (χ4n) is 2.17. The Hall–Kier alpha value is -3.13. The summed E-state index contributed by atoms with van der Waals surface area (Å²) in [5.41, 5.74) is 2.73. The molecule has 108 valence electrons. The van der Waals surface area contributed by atoms with Crippen molar-refractivity contribution in [3.8, 4) is 11.8 Å². The van der Waals surface area contributed by atoms with Gasteiger partial charge in [0, 0.05) is 18.9 Å². The standard InChI is InChI=1S/C17H15N5/c18-11-15-5-4-9-19-17(15)20-10-8-14-12-21-22(13-14)16-6-2-1-3-7-16/h1-7,9,12-13H,8,10H2,(H,19,20). The van der Waals surface area contributed by atoms with E-state index in [1.807, 2.05) is 47.4 Å².